The van der Waals surface area contributed by atoms with E-state index in [1.165, 1.54) is 0 Å². The Labute approximate surface area is 134 Å². The van der Waals surface area contributed by atoms with Crippen molar-refractivity contribution in [1.82, 2.24) is 15.1 Å². The fourth-order valence-corrected chi connectivity index (χ4v) is 2.44. The monoisotopic (exact) mass is 313 g/mol. The predicted molar refractivity (Wildman–Crippen MR) is 86.7 cm³/mol. The maximum Gasteiger partial charge on any atom is 0.407 e. The standard InChI is InChI=1S/C16H31N3O3/c1-13(2)12-18-8-10-19(11-9-18)14(20)6-7-17-15(21)22-16(3,4)5/h13H,6-12H2,1-5H3,(H,17,21). The van der Waals surface area contributed by atoms with Gasteiger partial charge >= 0.3 is 6.09 Å². The van der Waals surface area contributed by atoms with Crippen LogP contribution in [0.25, 0.3) is 0 Å². The van der Waals surface area contributed by atoms with Crippen molar-refractivity contribution < 1.29 is 14.3 Å². The van der Waals surface area contributed by atoms with Gasteiger partial charge in [0.15, 0.2) is 0 Å². The first-order valence-electron chi connectivity index (χ1n) is 8.14. The van der Waals surface area contributed by atoms with Crippen LogP contribution in [0.15, 0.2) is 0 Å². The highest BCUT2D eigenvalue weighted by molar-refractivity contribution is 5.77. The van der Waals surface area contributed by atoms with Crippen molar-refractivity contribution in [1.29, 1.82) is 0 Å². The van der Waals surface area contributed by atoms with Crippen molar-refractivity contribution in [2.45, 2.75) is 46.6 Å². The number of nitrogens with one attached hydrogen (secondary N) is 1. The highest BCUT2D eigenvalue weighted by Gasteiger charge is 2.21. The third-order valence-electron chi connectivity index (χ3n) is 3.36. The molecule has 1 aliphatic rings. The largest absolute Gasteiger partial charge is 0.444 e. The van der Waals surface area contributed by atoms with Gasteiger partial charge in [-0.25, -0.2) is 4.79 Å². The summed E-state index contributed by atoms with van der Waals surface area (Å²) in [7, 11) is 0. The molecule has 0 aliphatic carbocycles. The van der Waals surface area contributed by atoms with Crippen molar-refractivity contribution in [2.75, 3.05) is 39.3 Å². The molecular weight excluding hydrogens is 282 g/mol. The molecule has 1 N–H and O–H groups in total. The maximum atomic E-state index is 12.1. The van der Waals surface area contributed by atoms with Gasteiger partial charge in [-0.05, 0) is 26.7 Å². The first-order valence-corrected chi connectivity index (χ1v) is 8.14. The third kappa shape index (κ3) is 7.64. The van der Waals surface area contributed by atoms with Crippen LogP contribution in [-0.4, -0.2) is 66.7 Å². The number of amides is 2. The SMILES string of the molecule is CC(C)CN1CCN(C(=O)CCNC(=O)OC(C)(C)C)CC1. The predicted octanol–water partition coefficient (Wildman–Crippen LogP) is 1.70. The topological polar surface area (TPSA) is 61.9 Å². The van der Waals surface area contributed by atoms with Crippen LogP contribution in [0.3, 0.4) is 0 Å². The van der Waals surface area contributed by atoms with E-state index in [0.717, 1.165) is 32.7 Å². The van der Waals surface area contributed by atoms with Crippen LogP contribution in [0.1, 0.15) is 41.0 Å². The van der Waals surface area contributed by atoms with Crippen LogP contribution < -0.4 is 5.32 Å². The third-order valence-corrected chi connectivity index (χ3v) is 3.36. The fourth-order valence-electron chi connectivity index (χ4n) is 2.44. The molecule has 0 radical (unpaired) electrons. The summed E-state index contributed by atoms with van der Waals surface area (Å²) < 4.78 is 5.13. The van der Waals surface area contributed by atoms with E-state index in [-0.39, 0.29) is 5.91 Å². The zero-order valence-corrected chi connectivity index (χ0v) is 14.6. The molecule has 1 aliphatic heterocycles. The highest BCUT2D eigenvalue weighted by atomic mass is 16.6. The Balaban J connectivity index is 2.20. The molecule has 0 aromatic carbocycles. The number of nitrogens with zero attached hydrogens (tertiary/aromatic N) is 2. The van der Waals surface area contributed by atoms with E-state index in [1.807, 2.05) is 25.7 Å². The number of alkyl carbamates (subject to hydrolysis) is 1. The number of piperazine rings is 1. The second kappa shape index (κ2) is 8.36. The minimum absolute atomic E-state index is 0.0975. The smallest absolute Gasteiger partial charge is 0.407 e. The number of hydrogen-bond donors (Lipinski definition) is 1. The van der Waals surface area contributed by atoms with Crippen LogP contribution >= 0.6 is 0 Å². The summed E-state index contributed by atoms with van der Waals surface area (Å²) in [6, 6.07) is 0. The molecule has 0 aromatic heterocycles. The zero-order valence-electron chi connectivity index (χ0n) is 14.6. The molecule has 0 bridgehead atoms. The lowest BCUT2D eigenvalue weighted by molar-refractivity contribution is -0.132. The molecule has 1 saturated heterocycles. The van der Waals surface area contributed by atoms with Gasteiger partial charge in [-0.2, -0.15) is 0 Å². The van der Waals surface area contributed by atoms with Crippen molar-refractivity contribution in [3.63, 3.8) is 0 Å². The molecule has 1 fully saturated rings. The molecule has 1 heterocycles. The van der Waals surface area contributed by atoms with Crippen LogP contribution in [0.4, 0.5) is 4.79 Å². The minimum atomic E-state index is -0.513. The van der Waals surface area contributed by atoms with Crippen LogP contribution in [0.5, 0.6) is 0 Å². The van der Waals surface area contributed by atoms with Gasteiger partial charge in [-0.15, -0.1) is 0 Å². The molecule has 0 saturated carbocycles. The minimum Gasteiger partial charge on any atom is -0.444 e. The summed E-state index contributed by atoms with van der Waals surface area (Å²) in [6.45, 7) is 14.7. The molecule has 0 aromatic rings. The van der Waals surface area contributed by atoms with Gasteiger partial charge in [0.1, 0.15) is 5.60 Å². The van der Waals surface area contributed by atoms with E-state index in [4.69, 9.17) is 4.74 Å². The van der Waals surface area contributed by atoms with E-state index in [1.54, 1.807) is 0 Å². The van der Waals surface area contributed by atoms with Gasteiger partial charge in [0.05, 0.1) is 0 Å². The molecule has 0 unspecified atom stereocenters. The number of ether oxygens (including phenoxy) is 1. The van der Waals surface area contributed by atoms with E-state index >= 15 is 0 Å². The van der Waals surface area contributed by atoms with Crippen molar-refractivity contribution in [3.8, 4) is 0 Å². The molecule has 2 amide bonds. The molecule has 22 heavy (non-hydrogen) atoms. The van der Waals surface area contributed by atoms with Crippen molar-refractivity contribution in [2.24, 2.45) is 5.92 Å². The normalized spacial score (nSPS) is 16.7. The quantitative estimate of drug-likeness (QED) is 0.839. The average molecular weight is 313 g/mol. The second-order valence-electron chi connectivity index (χ2n) is 7.25. The Morgan fingerprint density at radius 3 is 2.23 bits per heavy atom. The van der Waals surface area contributed by atoms with Gasteiger partial charge < -0.3 is 15.0 Å². The van der Waals surface area contributed by atoms with E-state index < -0.39 is 11.7 Å². The van der Waals surface area contributed by atoms with E-state index in [0.29, 0.717) is 18.9 Å². The molecule has 128 valence electrons. The highest BCUT2D eigenvalue weighted by Crippen LogP contribution is 2.08. The molecule has 6 nitrogen and oxygen atoms in total. The lowest BCUT2D eigenvalue weighted by atomic mass is 10.2. The van der Waals surface area contributed by atoms with E-state index in [9.17, 15) is 9.59 Å². The fraction of sp³-hybridized carbons (Fsp3) is 0.875. The molecule has 1 rings (SSSR count). The van der Waals surface area contributed by atoms with Gasteiger partial charge in [0, 0.05) is 45.7 Å². The van der Waals surface area contributed by atoms with Gasteiger partial charge in [-0.1, -0.05) is 13.8 Å². The lowest BCUT2D eigenvalue weighted by Gasteiger charge is -2.35. The summed E-state index contributed by atoms with van der Waals surface area (Å²) >= 11 is 0. The Hall–Kier alpha value is -1.30. The van der Waals surface area contributed by atoms with Crippen molar-refractivity contribution >= 4 is 12.0 Å². The molecule has 0 spiro atoms. The van der Waals surface area contributed by atoms with E-state index in [2.05, 4.69) is 24.1 Å². The number of carbonyl (C=O) groups is 2. The summed E-state index contributed by atoms with van der Waals surface area (Å²) in [5, 5.41) is 2.63. The first-order chi connectivity index (χ1) is 10.2. The molecule has 0 atom stereocenters. The summed E-state index contributed by atoms with van der Waals surface area (Å²) in [4.78, 5) is 27.9. The Morgan fingerprint density at radius 1 is 1.14 bits per heavy atom. The van der Waals surface area contributed by atoms with Crippen LogP contribution in [0.2, 0.25) is 0 Å². The van der Waals surface area contributed by atoms with Crippen LogP contribution in [0, 0.1) is 5.92 Å². The van der Waals surface area contributed by atoms with Gasteiger partial charge in [0.2, 0.25) is 5.91 Å². The summed E-state index contributed by atoms with van der Waals surface area (Å²) in [6.07, 6.45) is -0.147. The Kier molecular flexibility index (Phi) is 7.13. The zero-order chi connectivity index (χ0) is 16.8. The first kappa shape index (κ1) is 18.7. The van der Waals surface area contributed by atoms with Crippen molar-refractivity contribution in [3.05, 3.63) is 0 Å². The number of rotatable bonds is 5. The Bertz CT molecular complexity index is 369. The van der Waals surface area contributed by atoms with Gasteiger partial charge in [-0.3, -0.25) is 9.69 Å². The van der Waals surface area contributed by atoms with Gasteiger partial charge in [0.25, 0.3) is 0 Å². The van der Waals surface area contributed by atoms with Crippen LogP contribution in [-0.2, 0) is 9.53 Å². The molecular formula is C16H31N3O3. The Morgan fingerprint density at radius 2 is 1.73 bits per heavy atom. The summed E-state index contributed by atoms with van der Waals surface area (Å²) in [5.74, 6) is 0.750. The number of carbonyl (C=O) groups excluding carboxylic acids is 2. The lowest BCUT2D eigenvalue weighted by Crippen LogP contribution is -2.50. The second-order valence-corrected chi connectivity index (χ2v) is 7.25. The number of hydrogen-bond acceptors (Lipinski definition) is 4. The summed E-state index contributed by atoms with van der Waals surface area (Å²) in [5.41, 5.74) is -0.513. The maximum absolute atomic E-state index is 12.1. The average Bonchev–Trinajstić information content (AvgIpc) is 2.36. The molecule has 6 heteroatoms.